The average molecular weight is 883 g/mol. The number of hydrogen-bond acceptors (Lipinski definition) is 3. The van der Waals surface area contributed by atoms with Gasteiger partial charge in [0.1, 0.15) is 11.0 Å². The van der Waals surface area contributed by atoms with Crippen molar-refractivity contribution in [3.8, 4) is 56.4 Å². The number of para-hydroxylation sites is 4. The van der Waals surface area contributed by atoms with Gasteiger partial charge in [0.25, 0.3) is 0 Å². The van der Waals surface area contributed by atoms with Crippen molar-refractivity contribution in [2.45, 2.75) is 0 Å². The van der Waals surface area contributed by atoms with Gasteiger partial charge in [0, 0.05) is 54.8 Å². The zero-order chi connectivity index (χ0) is 45.4. The minimum atomic E-state index is 0.592. The van der Waals surface area contributed by atoms with Crippen molar-refractivity contribution < 1.29 is 4.91 Å². The first-order chi connectivity index (χ1) is 34.2. The maximum absolute atomic E-state index is 5.07. The van der Waals surface area contributed by atoms with Gasteiger partial charge in [-0.3, -0.25) is 0 Å². The highest BCUT2D eigenvalue weighted by atomic mass is 15.7. The van der Waals surface area contributed by atoms with E-state index in [1.807, 2.05) is 60.7 Å². The van der Waals surface area contributed by atoms with Gasteiger partial charge in [0.15, 0.2) is 4.91 Å². The third-order valence-corrected chi connectivity index (χ3v) is 13.6. The predicted molar refractivity (Wildman–Crippen MR) is 281 cm³/mol. The molecule has 0 radical (unpaired) electrons. The first-order valence-corrected chi connectivity index (χ1v) is 23.3. The van der Waals surface area contributed by atoms with Crippen LogP contribution in [0.25, 0.3) is 122 Å². The van der Waals surface area contributed by atoms with Gasteiger partial charge >= 0.3 is 0 Å². The molecule has 4 aromatic heterocycles. The van der Waals surface area contributed by atoms with Gasteiger partial charge in [0.05, 0.1) is 32.3 Å². The second kappa shape index (κ2) is 15.6. The fraction of sp³-hybridized carbons (Fsp3) is 0. The Morgan fingerprint density at radius 1 is 0.261 bits per heavy atom. The van der Waals surface area contributed by atoms with Gasteiger partial charge in [-0.25, -0.2) is 0 Å². The van der Waals surface area contributed by atoms with Crippen molar-refractivity contribution >= 4 is 65.4 Å². The number of rotatable bonds is 7. The number of nitrogens with zero attached hydrogens (tertiary/aromatic N) is 7. The Labute approximate surface area is 396 Å². The Kier molecular flexibility index (Phi) is 8.75. The molecule has 7 heteroatoms. The van der Waals surface area contributed by atoms with Gasteiger partial charge in [0.2, 0.25) is 11.6 Å². The average Bonchev–Trinajstić information content (AvgIpc) is 4.06. The summed E-state index contributed by atoms with van der Waals surface area (Å²) in [5, 5.41) is 17.2. The van der Waals surface area contributed by atoms with E-state index < -0.39 is 0 Å². The third kappa shape index (κ3) is 6.29. The van der Waals surface area contributed by atoms with Crippen LogP contribution >= 0.6 is 0 Å². The highest BCUT2D eigenvalue weighted by Crippen LogP contribution is 2.40. The molecule has 7 nitrogen and oxygen atoms in total. The van der Waals surface area contributed by atoms with Crippen LogP contribution in [0.3, 0.4) is 0 Å². The lowest BCUT2D eigenvalue weighted by atomic mass is 9.98. The van der Waals surface area contributed by atoms with Crippen molar-refractivity contribution in [1.82, 2.24) is 29.0 Å². The van der Waals surface area contributed by atoms with E-state index in [1.165, 1.54) is 43.7 Å². The summed E-state index contributed by atoms with van der Waals surface area (Å²) < 4.78 is 6.87. The van der Waals surface area contributed by atoms with E-state index in [-0.39, 0.29) is 0 Å². The summed E-state index contributed by atoms with van der Waals surface area (Å²) in [4.78, 5) is 6.67. The molecule has 0 atom stereocenters. The van der Waals surface area contributed by atoms with Crippen LogP contribution in [-0.2, 0) is 0 Å². The van der Waals surface area contributed by atoms with Crippen molar-refractivity contribution in [2.24, 2.45) is 0 Å². The zero-order valence-electron chi connectivity index (χ0n) is 37.2. The molecule has 4 heterocycles. The summed E-state index contributed by atoms with van der Waals surface area (Å²) in [6.07, 6.45) is 0. The largest absolute Gasteiger partial charge is 0.309 e. The Bertz CT molecular complexity index is 4230. The molecule has 322 valence electrons. The van der Waals surface area contributed by atoms with Crippen LogP contribution in [0.4, 0.5) is 0 Å². The monoisotopic (exact) mass is 882 g/mol. The molecule has 0 aliphatic heterocycles. The quantitative estimate of drug-likeness (QED) is 0.150. The molecule has 0 spiro atoms. The molecule has 14 rings (SSSR count). The van der Waals surface area contributed by atoms with Crippen molar-refractivity contribution in [3.05, 3.63) is 243 Å². The molecule has 0 unspecified atom stereocenters. The van der Waals surface area contributed by atoms with Gasteiger partial charge in [-0.1, -0.05) is 162 Å². The van der Waals surface area contributed by atoms with E-state index in [9.17, 15) is 0 Å². The molecular weight excluding hydrogens is 843 g/mol. The molecule has 14 aromatic rings. The van der Waals surface area contributed by atoms with E-state index in [2.05, 4.69) is 196 Å². The van der Waals surface area contributed by atoms with Gasteiger partial charge < -0.3 is 9.13 Å². The second-order valence-electron chi connectivity index (χ2n) is 17.6. The van der Waals surface area contributed by atoms with E-state index in [0.29, 0.717) is 11.6 Å². The topological polar surface area (TPSA) is 57.3 Å². The van der Waals surface area contributed by atoms with Crippen LogP contribution in [0.15, 0.2) is 243 Å². The van der Waals surface area contributed by atoms with Crippen molar-refractivity contribution in [1.29, 1.82) is 0 Å². The van der Waals surface area contributed by atoms with Crippen LogP contribution in [-0.4, -0.2) is 29.0 Å². The maximum Gasteiger partial charge on any atom is 0.235 e. The first kappa shape index (κ1) is 38.8. The van der Waals surface area contributed by atoms with E-state index in [0.717, 1.165) is 66.5 Å². The molecule has 0 fully saturated rings. The molecule has 10 aromatic carbocycles. The number of hydrogen-bond donors (Lipinski definition) is 0. The van der Waals surface area contributed by atoms with Crippen molar-refractivity contribution in [3.63, 3.8) is 0 Å². The summed E-state index contributed by atoms with van der Waals surface area (Å²) in [7, 11) is 0. The van der Waals surface area contributed by atoms with E-state index in [4.69, 9.17) is 15.2 Å². The van der Waals surface area contributed by atoms with Gasteiger partial charge in [-0.05, 0) is 107 Å². The maximum atomic E-state index is 5.07. The van der Waals surface area contributed by atoms with Gasteiger partial charge in [-0.15, -0.1) is 0 Å². The molecule has 0 amide bonds. The Hall–Kier alpha value is -9.46. The van der Waals surface area contributed by atoms with Crippen LogP contribution in [0.2, 0.25) is 0 Å². The van der Waals surface area contributed by atoms with Crippen LogP contribution in [0.5, 0.6) is 0 Å². The van der Waals surface area contributed by atoms with E-state index >= 15 is 0 Å². The normalized spacial score (nSPS) is 11.8. The molecule has 0 N–H and O–H groups in total. The smallest absolute Gasteiger partial charge is 0.235 e. The number of fused-ring (bicyclic) bond motifs is 9. The standard InChI is InChI=1S/C62H40N7/c1-5-17-41(18-6-1)61-63-62(42-19-7-2-8-20-42)65-69(64-61)68-59-28-16-14-26-50(59)52-38-46(32-36-60(52)68)45-31-35-58-54(40-45)53-39-44(30-34-57(53)67(58)48-23-11-4-12-24-48)43-29-33-56-51(37-43)49-25-13-15-27-55(49)66(56)47-21-9-3-10-22-47/h1-40H/q+1. The van der Waals surface area contributed by atoms with Crippen LogP contribution in [0.1, 0.15) is 0 Å². The first-order valence-electron chi connectivity index (χ1n) is 23.3. The lowest BCUT2D eigenvalue weighted by molar-refractivity contribution is -0.827. The Balaban J connectivity index is 0.934. The molecular formula is C62H40N7+. The molecule has 69 heavy (non-hydrogen) atoms. The summed E-state index contributed by atoms with van der Waals surface area (Å²) in [6, 6.07) is 86.3. The summed E-state index contributed by atoms with van der Waals surface area (Å²) in [6.45, 7) is 0. The Morgan fingerprint density at radius 3 is 1.04 bits per heavy atom. The molecule has 0 aliphatic carbocycles. The third-order valence-electron chi connectivity index (χ3n) is 13.6. The molecule has 0 bridgehead atoms. The van der Waals surface area contributed by atoms with Crippen molar-refractivity contribution in [2.75, 3.05) is 0 Å². The lowest BCUT2D eigenvalue weighted by Gasteiger charge is -2.09. The Morgan fingerprint density at radius 2 is 0.580 bits per heavy atom. The highest BCUT2D eigenvalue weighted by Gasteiger charge is 2.25. The summed E-state index contributed by atoms with van der Waals surface area (Å²) in [5.41, 5.74) is 15.4. The predicted octanol–water partition coefficient (Wildman–Crippen LogP) is 14.4. The summed E-state index contributed by atoms with van der Waals surface area (Å²) in [5.74, 6) is 1.18. The van der Waals surface area contributed by atoms with E-state index in [1.54, 1.807) is 4.91 Å². The molecule has 0 saturated heterocycles. The highest BCUT2D eigenvalue weighted by molar-refractivity contribution is 6.14. The number of aromatic nitrogens is 7. The fourth-order valence-corrected chi connectivity index (χ4v) is 10.4. The summed E-state index contributed by atoms with van der Waals surface area (Å²) >= 11 is 0. The number of benzene rings is 10. The zero-order valence-corrected chi connectivity index (χ0v) is 37.2. The molecule has 0 saturated carbocycles. The van der Waals surface area contributed by atoms with Crippen LogP contribution < -0.4 is 4.91 Å². The lowest BCUT2D eigenvalue weighted by Crippen LogP contribution is -2.49. The minimum absolute atomic E-state index is 0.592. The fourth-order valence-electron chi connectivity index (χ4n) is 10.4. The van der Waals surface area contributed by atoms with Gasteiger partial charge in [-0.2, -0.15) is 4.98 Å². The molecule has 0 aliphatic rings. The SMILES string of the molecule is c1ccc(-c2nc(-c3ccccc3)n[n+](-n3c4ccccc4c4cc(-c5ccc6c(c5)c5cc(-c7ccc8c(c7)c7ccccc7n8-c7ccccc7)ccc5n6-c5ccccc5)ccc43)n2)cc1. The minimum Gasteiger partial charge on any atom is -0.309 e. The van der Waals surface area contributed by atoms with Crippen LogP contribution in [0, 0.1) is 0 Å². The second-order valence-corrected chi connectivity index (χ2v) is 17.6.